The van der Waals surface area contributed by atoms with Gasteiger partial charge in [0.15, 0.2) is 0 Å². The van der Waals surface area contributed by atoms with Crippen LogP contribution in [0.15, 0.2) is 53.4 Å². The Balaban J connectivity index is 1.81. The summed E-state index contributed by atoms with van der Waals surface area (Å²) in [5, 5.41) is 3.10. The number of sulfonamides is 1. The van der Waals surface area contributed by atoms with E-state index in [9.17, 15) is 22.8 Å². The minimum atomic E-state index is -4.01. The molecule has 0 aliphatic carbocycles. The first kappa shape index (κ1) is 23.7. The molecule has 10 heteroatoms. The second-order valence-corrected chi connectivity index (χ2v) is 9.58. The van der Waals surface area contributed by atoms with Crippen LogP contribution < -0.4 is 5.32 Å². The molecule has 8 nitrogen and oxygen atoms in total. The molecule has 0 radical (unpaired) electrons. The normalized spacial score (nSPS) is 15.2. The minimum Gasteiger partial charge on any atom is -0.357 e. The first-order chi connectivity index (χ1) is 15.2. The quantitative estimate of drug-likeness (QED) is 0.628. The number of likely N-dealkylation sites (N-methyl/N-ethyl adjacent to an activating group) is 1. The van der Waals surface area contributed by atoms with E-state index in [2.05, 4.69) is 5.32 Å². The smallest absolute Gasteiger partial charge is 0.269 e. The Hall–Kier alpha value is -2.91. The summed E-state index contributed by atoms with van der Waals surface area (Å²) in [4.78, 5) is 39.5. The van der Waals surface area contributed by atoms with E-state index in [0.29, 0.717) is 11.4 Å². The van der Waals surface area contributed by atoms with Gasteiger partial charge in [0, 0.05) is 31.6 Å². The van der Waals surface area contributed by atoms with E-state index in [-0.39, 0.29) is 35.9 Å². The molecule has 1 aliphatic heterocycles. The Labute approximate surface area is 192 Å². The summed E-state index contributed by atoms with van der Waals surface area (Å²) in [6.07, 6.45) is 0.116. The molecule has 1 aliphatic rings. The largest absolute Gasteiger partial charge is 0.357 e. The van der Waals surface area contributed by atoms with Crippen LogP contribution in [-0.2, 0) is 26.2 Å². The zero-order chi connectivity index (χ0) is 23.5. The van der Waals surface area contributed by atoms with Crippen LogP contribution in [0.2, 0.25) is 5.02 Å². The van der Waals surface area contributed by atoms with Crippen molar-refractivity contribution in [2.45, 2.75) is 37.2 Å². The number of amides is 3. The monoisotopic (exact) mass is 477 g/mol. The Morgan fingerprint density at radius 2 is 1.78 bits per heavy atom. The van der Waals surface area contributed by atoms with Crippen molar-refractivity contribution in [1.82, 2.24) is 14.5 Å². The minimum absolute atomic E-state index is 0.0627. The number of nitrogens with one attached hydrogen (secondary N) is 1. The Bertz CT molecular complexity index is 1130. The van der Waals surface area contributed by atoms with E-state index in [0.717, 1.165) is 9.87 Å². The average molecular weight is 478 g/mol. The standard InChI is InChI=1S/C22H24ClN3O5S/c1-3-18(21(28)24-2)25(14-15-8-10-16(23)11-9-15)20(27)12-13-26-22(29)17-6-4-5-7-19(17)32(26,30)31/h4-11,18H,3,12-14H2,1-2H3,(H,24,28). The maximum Gasteiger partial charge on any atom is 0.269 e. The summed E-state index contributed by atoms with van der Waals surface area (Å²) in [5.41, 5.74) is 0.858. The van der Waals surface area contributed by atoms with Crippen LogP contribution in [0.1, 0.15) is 35.7 Å². The van der Waals surface area contributed by atoms with Gasteiger partial charge in [-0.25, -0.2) is 12.7 Å². The molecular formula is C22H24ClN3O5S. The molecular weight excluding hydrogens is 454 g/mol. The second kappa shape index (κ2) is 9.70. The number of carbonyl (C=O) groups is 3. The van der Waals surface area contributed by atoms with Crippen molar-refractivity contribution in [2.75, 3.05) is 13.6 Å². The van der Waals surface area contributed by atoms with Crippen molar-refractivity contribution in [3.05, 3.63) is 64.7 Å². The third kappa shape index (κ3) is 4.63. The van der Waals surface area contributed by atoms with E-state index in [1.54, 1.807) is 43.3 Å². The van der Waals surface area contributed by atoms with Crippen LogP contribution >= 0.6 is 11.6 Å². The third-order valence-corrected chi connectivity index (χ3v) is 7.43. The zero-order valence-electron chi connectivity index (χ0n) is 17.7. The summed E-state index contributed by atoms with van der Waals surface area (Å²) < 4.78 is 26.2. The fraction of sp³-hybridized carbons (Fsp3) is 0.318. The zero-order valence-corrected chi connectivity index (χ0v) is 19.3. The number of hydrogen-bond acceptors (Lipinski definition) is 5. The number of halogens is 1. The number of benzene rings is 2. The predicted octanol–water partition coefficient (Wildman–Crippen LogP) is 2.43. The molecule has 0 aromatic heterocycles. The lowest BCUT2D eigenvalue weighted by atomic mass is 10.1. The maximum absolute atomic E-state index is 13.2. The molecule has 3 amide bonds. The van der Waals surface area contributed by atoms with Gasteiger partial charge in [-0.1, -0.05) is 42.8 Å². The van der Waals surface area contributed by atoms with Gasteiger partial charge in [-0.2, -0.15) is 0 Å². The molecule has 1 atom stereocenters. The SMILES string of the molecule is CCC(C(=O)NC)N(Cc1ccc(Cl)cc1)C(=O)CCN1C(=O)c2ccccc2S1(=O)=O. The van der Waals surface area contributed by atoms with E-state index >= 15 is 0 Å². The average Bonchev–Trinajstić information content (AvgIpc) is 2.98. The molecule has 3 rings (SSSR count). The number of rotatable bonds is 8. The van der Waals surface area contributed by atoms with Crippen molar-refractivity contribution in [2.24, 2.45) is 0 Å². The van der Waals surface area contributed by atoms with Crippen molar-refractivity contribution in [3.63, 3.8) is 0 Å². The van der Waals surface area contributed by atoms with Crippen molar-refractivity contribution in [1.29, 1.82) is 0 Å². The number of fused-ring (bicyclic) bond motifs is 1. The number of hydrogen-bond donors (Lipinski definition) is 1. The van der Waals surface area contributed by atoms with Crippen LogP contribution in [0.3, 0.4) is 0 Å². The highest BCUT2D eigenvalue weighted by atomic mass is 35.5. The number of nitrogens with zero attached hydrogens (tertiary/aromatic N) is 2. The Morgan fingerprint density at radius 3 is 2.38 bits per heavy atom. The van der Waals surface area contributed by atoms with Gasteiger partial charge in [-0.15, -0.1) is 0 Å². The molecule has 2 aromatic carbocycles. The lowest BCUT2D eigenvalue weighted by Gasteiger charge is -2.30. The topological polar surface area (TPSA) is 104 Å². The molecule has 0 fully saturated rings. The molecule has 2 aromatic rings. The maximum atomic E-state index is 13.2. The summed E-state index contributed by atoms with van der Waals surface area (Å²) >= 11 is 5.94. The Kier molecular flexibility index (Phi) is 7.20. The highest BCUT2D eigenvalue weighted by molar-refractivity contribution is 7.90. The van der Waals surface area contributed by atoms with Crippen LogP contribution in [0.5, 0.6) is 0 Å². The van der Waals surface area contributed by atoms with Gasteiger partial charge in [0.25, 0.3) is 15.9 Å². The second-order valence-electron chi connectivity index (χ2n) is 7.31. The molecule has 0 saturated carbocycles. The highest BCUT2D eigenvalue weighted by Gasteiger charge is 2.41. The molecule has 32 heavy (non-hydrogen) atoms. The molecule has 170 valence electrons. The van der Waals surface area contributed by atoms with Gasteiger partial charge < -0.3 is 10.2 Å². The molecule has 1 heterocycles. The van der Waals surface area contributed by atoms with E-state index in [1.807, 2.05) is 0 Å². The fourth-order valence-corrected chi connectivity index (χ4v) is 5.36. The van der Waals surface area contributed by atoms with Crippen molar-refractivity contribution >= 4 is 39.3 Å². The fourth-order valence-electron chi connectivity index (χ4n) is 3.67. The van der Waals surface area contributed by atoms with Gasteiger partial charge in [-0.3, -0.25) is 14.4 Å². The van der Waals surface area contributed by atoms with E-state index < -0.39 is 27.9 Å². The predicted molar refractivity (Wildman–Crippen MR) is 119 cm³/mol. The molecule has 0 saturated heterocycles. The number of carbonyl (C=O) groups excluding carboxylic acids is 3. The summed E-state index contributed by atoms with van der Waals surface area (Å²) in [6.45, 7) is 1.62. The van der Waals surface area contributed by atoms with Crippen LogP contribution in [0.4, 0.5) is 0 Å². The van der Waals surface area contributed by atoms with Crippen LogP contribution in [0.25, 0.3) is 0 Å². The third-order valence-electron chi connectivity index (χ3n) is 5.34. The van der Waals surface area contributed by atoms with Gasteiger partial charge in [0.05, 0.1) is 5.56 Å². The lowest BCUT2D eigenvalue weighted by Crippen LogP contribution is -2.49. The summed E-state index contributed by atoms with van der Waals surface area (Å²) in [5.74, 6) is -1.42. The molecule has 1 unspecified atom stereocenters. The Morgan fingerprint density at radius 1 is 1.12 bits per heavy atom. The first-order valence-electron chi connectivity index (χ1n) is 10.1. The molecule has 0 bridgehead atoms. The van der Waals surface area contributed by atoms with Gasteiger partial charge in [0.1, 0.15) is 10.9 Å². The first-order valence-corrected chi connectivity index (χ1v) is 11.9. The lowest BCUT2D eigenvalue weighted by molar-refractivity contribution is -0.141. The van der Waals surface area contributed by atoms with Gasteiger partial charge in [0.2, 0.25) is 11.8 Å². The van der Waals surface area contributed by atoms with E-state index in [4.69, 9.17) is 11.6 Å². The van der Waals surface area contributed by atoms with Crippen molar-refractivity contribution < 1.29 is 22.8 Å². The van der Waals surface area contributed by atoms with Crippen LogP contribution in [0, 0.1) is 0 Å². The summed E-state index contributed by atoms with van der Waals surface area (Å²) in [7, 11) is -2.52. The highest BCUT2D eigenvalue weighted by Crippen LogP contribution is 2.30. The summed E-state index contributed by atoms with van der Waals surface area (Å²) in [6, 6.07) is 12.1. The van der Waals surface area contributed by atoms with Gasteiger partial charge >= 0.3 is 0 Å². The van der Waals surface area contributed by atoms with Gasteiger partial charge in [-0.05, 0) is 36.2 Å². The van der Waals surface area contributed by atoms with Crippen molar-refractivity contribution in [3.8, 4) is 0 Å². The van der Waals surface area contributed by atoms with Crippen LogP contribution in [-0.4, -0.2) is 55.0 Å². The molecule has 1 N–H and O–H groups in total. The van der Waals surface area contributed by atoms with E-state index in [1.165, 1.54) is 24.1 Å². The molecule has 0 spiro atoms.